The fourth-order valence-electron chi connectivity index (χ4n) is 0.906. The summed E-state index contributed by atoms with van der Waals surface area (Å²) in [6.45, 7) is 2.84. The van der Waals surface area contributed by atoms with Gasteiger partial charge in [-0.1, -0.05) is 0 Å². The molecule has 1 aliphatic rings. The molecular weight excluding hydrogens is 174 g/mol. The number of nitrogens with zero attached hydrogens (tertiary/aromatic N) is 1. The first-order valence-corrected chi connectivity index (χ1v) is 4.05. The Morgan fingerprint density at radius 1 is 1.38 bits per heavy atom. The Balaban J connectivity index is 2.57. The molecule has 2 amide bonds. The second kappa shape index (κ2) is 3.66. The summed E-state index contributed by atoms with van der Waals surface area (Å²) < 4.78 is 0. The molecule has 0 saturated carbocycles. The van der Waals surface area contributed by atoms with E-state index in [0.717, 1.165) is 0 Å². The van der Waals surface area contributed by atoms with Crippen LogP contribution in [0, 0.1) is 0 Å². The third-order valence-corrected chi connectivity index (χ3v) is 1.84. The van der Waals surface area contributed by atoms with Gasteiger partial charge in [0, 0.05) is 12.8 Å². The van der Waals surface area contributed by atoms with Crippen LogP contribution in [0.15, 0.2) is 0 Å². The number of Topliss-reactive ketones (excluding diaryl/α,β-unsaturated/α-hetero) is 1. The van der Waals surface area contributed by atoms with Gasteiger partial charge < -0.3 is 0 Å². The average Bonchev–Trinajstić information content (AvgIpc) is 2.35. The molecular formula is C8H11NO4. The highest BCUT2D eigenvalue weighted by atomic mass is 16.7. The molecule has 0 N–H and O–H groups in total. The zero-order valence-electron chi connectivity index (χ0n) is 7.57. The third kappa shape index (κ3) is 2.12. The average molecular weight is 185 g/mol. The van der Waals surface area contributed by atoms with Crippen molar-refractivity contribution in [3.8, 4) is 0 Å². The van der Waals surface area contributed by atoms with E-state index >= 15 is 0 Å². The molecule has 1 fully saturated rings. The molecule has 0 aromatic heterocycles. The van der Waals surface area contributed by atoms with E-state index < -0.39 is 6.10 Å². The molecule has 1 heterocycles. The molecule has 5 heteroatoms. The number of carbonyl (C=O) groups is 3. The maximum atomic E-state index is 11.0. The first-order valence-electron chi connectivity index (χ1n) is 4.05. The Morgan fingerprint density at radius 3 is 2.23 bits per heavy atom. The van der Waals surface area contributed by atoms with Crippen molar-refractivity contribution in [1.82, 2.24) is 5.06 Å². The van der Waals surface area contributed by atoms with Gasteiger partial charge in [-0.2, -0.15) is 5.06 Å². The number of hydroxylamine groups is 2. The summed E-state index contributed by atoms with van der Waals surface area (Å²) in [5.74, 6) is -0.969. The smallest absolute Gasteiger partial charge is 0.254 e. The highest BCUT2D eigenvalue weighted by Crippen LogP contribution is 2.13. The van der Waals surface area contributed by atoms with Crippen molar-refractivity contribution in [3.05, 3.63) is 0 Å². The van der Waals surface area contributed by atoms with E-state index in [1.165, 1.54) is 13.8 Å². The maximum absolute atomic E-state index is 11.0. The predicted molar refractivity (Wildman–Crippen MR) is 42.3 cm³/mol. The molecule has 0 bridgehead atoms. The van der Waals surface area contributed by atoms with Crippen LogP contribution < -0.4 is 0 Å². The van der Waals surface area contributed by atoms with Crippen LogP contribution in [0.5, 0.6) is 0 Å². The molecule has 13 heavy (non-hydrogen) atoms. The Labute approximate surface area is 75.6 Å². The highest BCUT2D eigenvalue weighted by Gasteiger charge is 2.32. The zero-order valence-corrected chi connectivity index (χ0v) is 7.57. The van der Waals surface area contributed by atoms with Crippen LogP contribution in [0.2, 0.25) is 0 Å². The second-order valence-corrected chi connectivity index (χ2v) is 2.94. The molecule has 1 saturated heterocycles. The van der Waals surface area contributed by atoms with Gasteiger partial charge >= 0.3 is 0 Å². The number of hydrogen-bond acceptors (Lipinski definition) is 4. The number of ketones is 1. The first-order chi connectivity index (χ1) is 6.02. The van der Waals surface area contributed by atoms with Gasteiger partial charge in [0.2, 0.25) is 0 Å². The fraction of sp³-hybridized carbons (Fsp3) is 0.625. The van der Waals surface area contributed by atoms with E-state index in [-0.39, 0.29) is 30.4 Å². The number of hydrogen-bond donors (Lipinski definition) is 0. The van der Waals surface area contributed by atoms with E-state index in [1.807, 2.05) is 0 Å². The number of amides is 2. The van der Waals surface area contributed by atoms with E-state index in [4.69, 9.17) is 4.84 Å². The van der Waals surface area contributed by atoms with E-state index in [0.29, 0.717) is 5.06 Å². The molecule has 1 rings (SSSR count). The lowest BCUT2D eigenvalue weighted by molar-refractivity contribution is -0.200. The highest BCUT2D eigenvalue weighted by molar-refractivity contribution is 6.00. The number of rotatable bonds is 3. The van der Waals surface area contributed by atoms with E-state index in [9.17, 15) is 14.4 Å². The van der Waals surface area contributed by atoms with Gasteiger partial charge in [0.05, 0.1) is 0 Å². The molecule has 5 nitrogen and oxygen atoms in total. The van der Waals surface area contributed by atoms with Crippen molar-refractivity contribution in [1.29, 1.82) is 0 Å². The van der Waals surface area contributed by atoms with Crippen molar-refractivity contribution < 1.29 is 19.2 Å². The molecule has 0 aliphatic carbocycles. The topological polar surface area (TPSA) is 63.7 Å². The van der Waals surface area contributed by atoms with Crippen molar-refractivity contribution in [2.24, 2.45) is 0 Å². The van der Waals surface area contributed by atoms with Gasteiger partial charge in [0.25, 0.3) is 11.8 Å². The molecule has 0 spiro atoms. The molecule has 0 radical (unpaired) electrons. The van der Waals surface area contributed by atoms with Gasteiger partial charge in [-0.25, -0.2) is 0 Å². The summed E-state index contributed by atoms with van der Waals surface area (Å²) in [5, 5.41) is 0.687. The Bertz CT molecular complexity index is 245. The summed E-state index contributed by atoms with van der Waals surface area (Å²) >= 11 is 0. The summed E-state index contributed by atoms with van der Waals surface area (Å²) in [6, 6.07) is 0. The van der Waals surface area contributed by atoms with Crippen LogP contribution in [0.4, 0.5) is 0 Å². The van der Waals surface area contributed by atoms with Gasteiger partial charge in [-0.3, -0.25) is 19.2 Å². The van der Waals surface area contributed by atoms with E-state index in [2.05, 4.69) is 0 Å². The lowest BCUT2D eigenvalue weighted by Gasteiger charge is -2.16. The zero-order chi connectivity index (χ0) is 10.0. The van der Waals surface area contributed by atoms with Crippen LogP contribution in [-0.4, -0.2) is 28.8 Å². The molecule has 1 atom stereocenters. The van der Waals surface area contributed by atoms with Crippen molar-refractivity contribution in [3.63, 3.8) is 0 Å². The maximum Gasteiger partial charge on any atom is 0.254 e. The Kier molecular flexibility index (Phi) is 2.77. The monoisotopic (exact) mass is 185 g/mol. The SMILES string of the molecule is CC(=O)C(C)ON1C(=O)CCC1=O. The number of carbonyl (C=O) groups excluding carboxylic acids is 3. The minimum Gasteiger partial charge on any atom is -0.297 e. The van der Waals surface area contributed by atoms with Crippen LogP contribution >= 0.6 is 0 Å². The number of imide groups is 1. The van der Waals surface area contributed by atoms with Crippen LogP contribution in [0.3, 0.4) is 0 Å². The lowest BCUT2D eigenvalue weighted by atomic mass is 10.3. The normalized spacial score (nSPS) is 19.4. The van der Waals surface area contributed by atoms with E-state index in [1.54, 1.807) is 0 Å². The van der Waals surface area contributed by atoms with Crippen LogP contribution in [-0.2, 0) is 19.2 Å². The first kappa shape index (κ1) is 9.85. The molecule has 72 valence electrons. The molecule has 1 aliphatic heterocycles. The van der Waals surface area contributed by atoms with Crippen molar-refractivity contribution >= 4 is 17.6 Å². The minimum atomic E-state index is -0.744. The summed E-state index contributed by atoms with van der Waals surface area (Å²) in [6.07, 6.45) is -0.404. The van der Waals surface area contributed by atoms with Crippen LogP contribution in [0.25, 0.3) is 0 Å². The Morgan fingerprint density at radius 2 is 1.85 bits per heavy atom. The quantitative estimate of drug-likeness (QED) is 0.582. The standard InChI is InChI=1S/C8H11NO4/c1-5(10)6(2)13-9-7(11)3-4-8(9)12/h6H,3-4H2,1-2H3. The minimum absolute atomic E-state index is 0.170. The summed E-state index contributed by atoms with van der Waals surface area (Å²) in [5.41, 5.74) is 0. The largest absolute Gasteiger partial charge is 0.297 e. The lowest BCUT2D eigenvalue weighted by Crippen LogP contribution is -2.35. The van der Waals surface area contributed by atoms with Crippen molar-refractivity contribution in [2.45, 2.75) is 32.8 Å². The molecule has 0 aromatic carbocycles. The van der Waals surface area contributed by atoms with Crippen molar-refractivity contribution in [2.75, 3.05) is 0 Å². The van der Waals surface area contributed by atoms with Gasteiger partial charge in [0.1, 0.15) is 6.10 Å². The predicted octanol–water partition coefficient (Wildman–Crippen LogP) is 0.0445. The third-order valence-electron chi connectivity index (χ3n) is 1.84. The molecule has 0 aromatic rings. The summed E-state index contributed by atoms with van der Waals surface area (Å²) in [7, 11) is 0. The summed E-state index contributed by atoms with van der Waals surface area (Å²) in [4.78, 5) is 37.7. The van der Waals surface area contributed by atoms with Gasteiger partial charge in [-0.15, -0.1) is 0 Å². The Hall–Kier alpha value is -1.23. The van der Waals surface area contributed by atoms with Crippen LogP contribution in [0.1, 0.15) is 26.7 Å². The molecule has 1 unspecified atom stereocenters. The van der Waals surface area contributed by atoms with Gasteiger partial charge in [-0.05, 0) is 13.8 Å². The fourth-order valence-corrected chi connectivity index (χ4v) is 0.906. The van der Waals surface area contributed by atoms with Gasteiger partial charge in [0.15, 0.2) is 5.78 Å². The second-order valence-electron chi connectivity index (χ2n) is 2.94.